The van der Waals surface area contributed by atoms with Gasteiger partial charge in [-0.1, -0.05) is 23.7 Å². The summed E-state index contributed by atoms with van der Waals surface area (Å²) < 4.78 is 28.1. The molecule has 3 aromatic rings. The average molecular weight is 339 g/mol. The standard InChI is InChI=1S/C12H11ClN6O2S/c1-18-14-7-12(16-18)22(20,21)17-9-6-15-19(8-9)11-5-3-2-4-10(11)13/h2-8,17H,1H3. The first kappa shape index (κ1) is 14.5. The highest BCUT2D eigenvalue weighted by molar-refractivity contribution is 7.92. The fourth-order valence-electron chi connectivity index (χ4n) is 1.80. The SMILES string of the molecule is Cn1ncc(S(=O)(=O)Nc2cnn(-c3ccccc3Cl)c2)n1. The second-order valence-electron chi connectivity index (χ2n) is 4.40. The van der Waals surface area contributed by atoms with E-state index in [1.807, 2.05) is 6.07 Å². The molecule has 2 heterocycles. The maximum Gasteiger partial charge on any atom is 0.283 e. The number of sulfonamides is 1. The van der Waals surface area contributed by atoms with E-state index in [1.165, 1.54) is 35.1 Å². The molecular weight excluding hydrogens is 328 g/mol. The number of halogens is 1. The van der Waals surface area contributed by atoms with Crippen molar-refractivity contribution in [1.29, 1.82) is 0 Å². The van der Waals surface area contributed by atoms with Crippen molar-refractivity contribution in [3.8, 4) is 5.69 Å². The van der Waals surface area contributed by atoms with Crippen molar-refractivity contribution in [2.24, 2.45) is 7.05 Å². The van der Waals surface area contributed by atoms with Gasteiger partial charge in [0.15, 0.2) is 0 Å². The van der Waals surface area contributed by atoms with Gasteiger partial charge < -0.3 is 0 Å². The molecule has 10 heteroatoms. The van der Waals surface area contributed by atoms with Crippen molar-refractivity contribution in [3.05, 3.63) is 47.9 Å². The van der Waals surface area contributed by atoms with Gasteiger partial charge in [0, 0.05) is 7.05 Å². The zero-order chi connectivity index (χ0) is 15.7. The average Bonchev–Trinajstić information content (AvgIpc) is 3.08. The molecule has 22 heavy (non-hydrogen) atoms. The third-order valence-corrected chi connectivity index (χ3v) is 4.35. The second kappa shape index (κ2) is 5.43. The molecule has 114 valence electrons. The van der Waals surface area contributed by atoms with Crippen LogP contribution in [0.5, 0.6) is 0 Å². The molecule has 1 aromatic carbocycles. The summed E-state index contributed by atoms with van der Waals surface area (Å²) in [5.41, 5.74) is 0.944. The first-order chi connectivity index (χ1) is 10.5. The van der Waals surface area contributed by atoms with Crippen LogP contribution in [-0.4, -0.2) is 33.2 Å². The van der Waals surface area contributed by atoms with Gasteiger partial charge in [-0.3, -0.25) is 4.72 Å². The Morgan fingerprint density at radius 2 is 1.95 bits per heavy atom. The molecule has 0 radical (unpaired) electrons. The van der Waals surface area contributed by atoms with Crippen molar-refractivity contribution in [2.75, 3.05) is 4.72 Å². The Bertz CT molecular complexity index is 917. The molecule has 0 atom stereocenters. The zero-order valence-corrected chi connectivity index (χ0v) is 13.0. The van der Waals surface area contributed by atoms with Crippen LogP contribution < -0.4 is 4.72 Å². The van der Waals surface area contributed by atoms with Crippen LogP contribution in [0, 0.1) is 0 Å². The second-order valence-corrected chi connectivity index (χ2v) is 6.44. The molecule has 0 unspecified atom stereocenters. The molecule has 2 aromatic heterocycles. The monoisotopic (exact) mass is 338 g/mol. The van der Waals surface area contributed by atoms with Gasteiger partial charge in [-0.2, -0.15) is 23.4 Å². The van der Waals surface area contributed by atoms with Gasteiger partial charge in [0.25, 0.3) is 10.0 Å². The molecule has 3 rings (SSSR count). The lowest BCUT2D eigenvalue weighted by Gasteiger charge is -2.03. The molecule has 0 aliphatic heterocycles. The third kappa shape index (κ3) is 2.81. The van der Waals surface area contributed by atoms with E-state index >= 15 is 0 Å². The molecule has 0 spiro atoms. The summed E-state index contributed by atoms with van der Waals surface area (Å²) in [5.74, 6) is 0. The van der Waals surface area contributed by atoms with Crippen molar-refractivity contribution in [3.63, 3.8) is 0 Å². The lowest BCUT2D eigenvalue weighted by Crippen LogP contribution is -2.13. The van der Waals surface area contributed by atoms with Gasteiger partial charge in [-0.15, -0.1) is 5.10 Å². The van der Waals surface area contributed by atoms with Crippen LogP contribution in [0.15, 0.2) is 47.9 Å². The number of hydrogen-bond donors (Lipinski definition) is 1. The summed E-state index contributed by atoms with van der Waals surface area (Å²) in [6.07, 6.45) is 4.08. The minimum absolute atomic E-state index is 0.166. The maximum absolute atomic E-state index is 12.1. The largest absolute Gasteiger partial charge is 0.283 e. The Labute approximate surface area is 131 Å². The molecule has 0 bridgehead atoms. The number of para-hydroxylation sites is 1. The molecule has 1 N–H and O–H groups in total. The van der Waals surface area contributed by atoms with Crippen molar-refractivity contribution >= 4 is 27.3 Å². The predicted molar refractivity (Wildman–Crippen MR) is 80.4 cm³/mol. The van der Waals surface area contributed by atoms with Gasteiger partial charge >= 0.3 is 0 Å². The fraction of sp³-hybridized carbons (Fsp3) is 0.0833. The van der Waals surface area contributed by atoms with Gasteiger partial charge in [-0.25, -0.2) is 4.68 Å². The van der Waals surface area contributed by atoms with Crippen LogP contribution >= 0.6 is 11.6 Å². The fourth-order valence-corrected chi connectivity index (χ4v) is 2.96. The lowest BCUT2D eigenvalue weighted by molar-refractivity contribution is 0.588. The minimum Gasteiger partial charge on any atom is -0.275 e. The lowest BCUT2D eigenvalue weighted by atomic mass is 10.3. The molecule has 0 fully saturated rings. The van der Waals surface area contributed by atoms with Crippen LogP contribution in [0.25, 0.3) is 5.69 Å². The Hall–Kier alpha value is -2.39. The Morgan fingerprint density at radius 3 is 2.64 bits per heavy atom. The van der Waals surface area contributed by atoms with E-state index in [4.69, 9.17) is 11.6 Å². The summed E-state index contributed by atoms with van der Waals surface area (Å²) in [7, 11) is -2.27. The van der Waals surface area contributed by atoms with Crippen molar-refractivity contribution in [2.45, 2.75) is 5.03 Å². The molecule has 0 saturated heterocycles. The molecule has 0 amide bonds. The van der Waals surface area contributed by atoms with Gasteiger partial charge in [0.05, 0.1) is 35.0 Å². The number of hydrogen-bond acceptors (Lipinski definition) is 5. The highest BCUT2D eigenvalue weighted by atomic mass is 35.5. The number of aryl methyl sites for hydroxylation is 1. The van der Waals surface area contributed by atoms with E-state index in [-0.39, 0.29) is 5.03 Å². The van der Waals surface area contributed by atoms with Gasteiger partial charge in [0.2, 0.25) is 5.03 Å². The molecule has 0 aliphatic carbocycles. The highest BCUT2D eigenvalue weighted by Crippen LogP contribution is 2.21. The van der Waals surface area contributed by atoms with E-state index in [9.17, 15) is 8.42 Å². The van der Waals surface area contributed by atoms with Crippen LogP contribution in [0.4, 0.5) is 5.69 Å². The first-order valence-electron chi connectivity index (χ1n) is 6.14. The quantitative estimate of drug-likeness (QED) is 0.777. The molecular formula is C12H11ClN6O2S. The Kier molecular flexibility index (Phi) is 3.59. The maximum atomic E-state index is 12.1. The van der Waals surface area contributed by atoms with E-state index in [1.54, 1.807) is 18.2 Å². The van der Waals surface area contributed by atoms with E-state index < -0.39 is 10.0 Å². The normalized spacial score (nSPS) is 11.5. The Morgan fingerprint density at radius 1 is 1.18 bits per heavy atom. The summed E-state index contributed by atoms with van der Waals surface area (Å²) in [6, 6.07) is 7.11. The van der Waals surface area contributed by atoms with Crippen LogP contribution in [-0.2, 0) is 17.1 Å². The number of nitrogens with zero attached hydrogens (tertiary/aromatic N) is 5. The Balaban J connectivity index is 1.88. The number of anilines is 1. The van der Waals surface area contributed by atoms with Crippen LogP contribution in [0.2, 0.25) is 5.02 Å². The number of nitrogens with one attached hydrogen (secondary N) is 1. The summed E-state index contributed by atoms with van der Waals surface area (Å²) in [6.45, 7) is 0. The third-order valence-electron chi connectivity index (χ3n) is 2.79. The van der Waals surface area contributed by atoms with E-state index in [2.05, 4.69) is 20.0 Å². The van der Waals surface area contributed by atoms with Crippen LogP contribution in [0.3, 0.4) is 0 Å². The topological polar surface area (TPSA) is 94.7 Å². The molecule has 8 nitrogen and oxygen atoms in total. The minimum atomic E-state index is -3.80. The first-order valence-corrected chi connectivity index (χ1v) is 8.00. The van der Waals surface area contributed by atoms with Crippen molar-refractivity contribution < 1.29 is 8.42 Å². The molecule has 0 aliphatic rings. The van der Waals surface area contributed by atoms with Crippen molar-refractivity contribution in [1.82, 2.24) is 24.8 Å². The number of aromatic nitrogens is 5. The molecule has 0 saturated carbocycles. The van der Waals surface area contributed by atoms with E-state index in [0.717, 1.165) is 0 Å². The zero-order valence-electron chi connectivity index (χ0n) is 11.4. The van der Waals surface area contributed by atoms with E-state index in [0.29, 0.717) is 16.4 Å². The van der Waals surface area contributed by atoms with Gasteiger partial charge in [0.1, 0.15) is 0 Å². The number of rotatable bonds is 4. The highest BCUT2D eigenvalue weighted by Gasteiger charge is 2.19. The predicted octanol–water partition coefficient (Wildman–Crippen LogP) is 1.45. The number of benzene rings is 1. The smallest absolute Gasteiger partial charge is 0.275 e. The summed E-state index contributed by atoms with van der Waals surface area (Å²) in [5, 5.41) is 11.9. The summed E-state index contributed by atoms with van der Waals surface area (Å²) >= 11 is 6.08. The summed E-state index contributed by atoms with van der Waals surface area (Å²) in [4.78, 5) is 1.17. The van der Waals surface area contributed by atoms with Crippen LogP contribution in [0.1, 0.15) is 0 Å². The van der Waals surface area contributed by atoms with Gasteiger partial charge in [-0.05, 0) is 12.1 Å².